The average molecular weight is 218 g/mol. The molecule has 0 saturated heterocycles. The summed E-state index contributed by atoms with van der Waals surface area (Å²) in [6.07, 6.45) is 4.30. The van der Waals surface area contributed by atoms with E-state index in [4.69, 9.17) is 5.26 Å². The summed E-state index contributed by atoms with van der Waals surface area (Å²) in [6, 6.07) is 3.38. The van der Waals surface area contributed by atoms with Gasteiger partial charge >= 0.3 is 5.97 Å². The monoisotopic (exact) mass is 218 g/mol. The van der Waals surface area contributed by atoms with Crippen molar-refractivity contribution in [2.45, 2.75) is 6.92 Å². The van der Waals surface area contributed by atoms with Crippen LogP contribution in [0.4, 0.5) is 5.95 Å². The maximum atomic E-state index is 11.2. The number of hydrogen-bond donors (Lipinski definition) is 1. The summed E-state index contributed by atoms with van der Waals surface area (Å²) in [6.45, 7) is 1.89. The van der Waals surface area contributed by atoms with Gasteiger partial charge in [-0.15, -0.1) is 0 Å². The minimum absolute atomic E-state index is 0.130. The Balaban J connectivity index is 2.68. The van der Waals surface area contributed by atoms with Gasteiger partial charge in [0.1, 0.15) is 6.07 Å². The molecule has 0 saturated carbocycles. The molecule has 0 aliphatic rings. The van der Waals surface area contributed by atoms with Gasteiger partial charge in [0.15, 0.2) is 5.57 Å². The molecule has 1 rings (SSSR count). The van der Waals surface area contributed by atoms with Crippen LogP contribution in [0.2, 0.25) is 0 Å². The molecule has 1 aromatic rings. The van der Waals surface area contributed by atoms with Crippen LogP contribution in [-0.4, -0.2) is 22.5 Å². The van der Waals surface area contributed by atoms with Crippen LogP contribution in [0.15, 0.2) is 30.2 Å². The Morgan fingerprint density at radius 3 is 2.88 bits per heavy atom. The Morgan fingerprint density at radius 2 is 2.31 bits per heavy atom. The molecular weight excluding hydrogens is 208 g/mol. The van der Waals surface area contributed by atoms with Gasteiger partial charge in [-0.2, -0.15) is 5.26 Å². The van der Waals surface area contributed by atoms with Gasteiger partial charge in [0.25, 0.3) is 0 Å². The van der Waals surface area contributed by atoms with Gasteiger partial charge in [0, 0.05) is 18.6 Å². The van der Waals surface area contributed by atoms with E-state index in [-0.39, 0.29) is 12.2 Å². The van der Waals surface area contributed by atoms with Crippen molar-refractivity contribution in [3.63, 3.8) is 0 Å². The smallest absolute Gasteiger partial charge is 0.350 e. The highest BCUT2D eigenvalue weighted by Gasteiger charge is 2.09. The SMILES string of the molecule is CCOC(=O)/C(C#N)=C\Nc1ncccn1. The summed E-state index contributed by atoms with van der Waals surface area (Å²) >= 11 is 0. The van der Waals surface area contributed by atoms with Crippen molar-refractivity contribution in [2.24, 2.45) is 0 Å². The fourth-order valence-electron chi connectivity index (χ4n) is 0.856. The fraction of sp³-hybridized carbons (Fsp3) is 0.200. The number of rotatable bonds is 4. The van der Waals surface area contributed by atoms with Crippen molar-refractivity contribution in [3.8, 4) is 6.07 Å². The highest BCUT2D eigenvalue weighted by Crippen LogP contribution is 1.99. The Bertz CT molecular complexity index is 422. The fourth-order valence-corrected chi connectivity index (χ4v) is 0.856. The van der Waals surface area contributed by atoms with E-state index in [1.165, 1.54) is 6.20 Å². The van der Waals surface area contributed by atoms with Gasteiger partial charge in [-0.25, -0.2) is 14.8 Å². The van der Waals surface area contributed by atoms with Crippen LogP contribution in [0.1, 0.15) is 6.92 Å². The maximum Gasteiger partial charge on any atom is 0.350 e. The first kappa shape index (κ1) is 11.7. The summed E-state index contributed by atoms with van der Waals surface area (Å²) in [5, 5.41) is 11.3. The number of carbonyl (C=O) groups excluding carboxylic acids is 1. The minimum Gasteiger partial charge on any atom is -0.462 e. The normalized spacial score (nSPS) is 10.4. The number of ether oxygens (including phenoxy) is 1. The molecule has 0 aliphatic carbocycles. The Morgan fingerprint density at radius 1 is 1.62 bits per heavy atom. The maximum absolute atomic E-state index is 11.2. The molecule has 0 aromatic carbocycles. The highest BCUT2D eigenvalue weighted by molar-refractivity contribution is 5.93. The van der Waals surface area contributed by atoms with Gasteiger partial charge in [-0.3, -0.25) is 0 Å². The summed E-state index contributed by atoms with van der Waals surface area (Å²) < 4.78 is 4.67. The van der Waals surface area contributed by atoms with Crippen LogP contribution >= 0.6 is 0 Å². The number of nitriles is 1. The van der Waals surface area contributed by atoms with Crippen LogP contribution in [-0.2, 0) is 9.53 Å². The van der Waals surface area contributed by atoms with Crippen molar-refractivity contribution < 1.29 is 9.53 Å². The summed E-state index contributed by atoms with van der Waals surface area (Å²) in [4.78, 5) is 18.9. The van der Waals surface area contributed by atoms with Crippen LogP contribution in [0.3, 0.4) is 0 Å². The lowest BCUT2D eigenvalue weighted by Gasteiger charge is -2.00. The standard InChI is InChI=1S/C10H10N4O2/c1-2-16-9(15)8(6-11)7-14-10-12-4-3-5-13-10/h3-5,7H,2H2,1H3,(H,12,13,14)/b8-7-. The lowest BCUT2D eigenvalue weighted by molar-refractivity contribution is -0.138. The molecule has 0 aliphatic heterocycles. The van der Waals surface area contributed by atoms with Crippen molar-refractivity contribution in [3.05, 3.63) is 30.2 Å². The first-order valence-corrected chi connectivity index (χ1v) is 4.59. The second kappa shape index (κ2) is 6.14. The molecule has 1 N–H and O–H groups in total. The number of nitrogens with zero attached hydrogens (tertiary/aromatic N) is 3. The molecule has 0 amide bonds. The van der Waals surface area contributed by atoms with Crippen LogP contribution < -0.4 is 5.32 Å². The Labute approximate surface area is 92.6 Å². The van der Waals surface area contributed by atoms with E-state index < -0.39 is 5.97 Å². The molecule has 6 heteroatoms. The second-order valence-corrected chi connectivity index (χ2v) is 2.61. The van der Waals surface area contributed by atoms with E-state index in [1.807, 2.05) is 0 Å². The quantitative estimate of drug-likeness (QED) is 0.458. The van der Waals surface area contributed by atoms with E-state index >= 15 is 0 Å². The number of aromatic nitrogens is 2. The Kier molecular flexibility index (Phi) is 4.47. The van der Waals surface area contributed by atoms with Crippen molar-refractivity contribution in [1.82, 2.24) is 9.97 Å². The number of hydrogen-bond acceptors (Lipinski definition) is 6. The van der Waals surface area contributed by atoms with E-state index in [0.717, 1.165) is 0 Å². The largest absolute Gasteiger partial charge is 0.462 e. The summed E-state index contributed by atoms with van der Waals surface area (Å²) in [5.41, 5.74) is -0.130. The topological polar surface area (TPSA) is 87.9 Å². The molecule has 16 heavy (non-hydrogen) atoms. The zero-order valence-electron chi connectivity index (χ0n) is 8.67. The lowest BCUT2D eigenvalue weighted by Crippen LogP contribution is -2.08. The van der Waals surface area contributed by atoms with Gasteiger partial charge in [-0.1, -0.05) is 0 Å². The molecule has 1 aromatic heterocycles. The molecule has 0 spiro atoms. The zero-order chi connectivity index (χ0) is 11.8. The zero-order valence-corrected chi connectivity index (χ0v) is 8.67. The van der Waals surface area contributed by atoms with Crippen LogP contribution in [0, 0.1) is 11.3 Å². The van der Waals surface area contributed by atoms with Gasteiger partial charge < -0.3 is 10.1 Å². The highest BCUT2D eigenvalue weighted by atomic mass is 16.5. The van der Waals surface area contributed by atoms with Crippen molar-refractivity contribution >= 4 is 11.9 Å². The molecular formula is C10H10N4O2. The van der Waals surface area contributed by atoms with E-state index in [2.05, 4.69) is 20.0 Å². The molecule has 6 nitrogen and oxygen atoms in total. The first-order chi connectivity index (χ1) is 7.77. The number of esters is 1. The molecule has 0 bridgehead atoms. The summed E-state index contributed by atoms with van der Waals surface area (Å²) in [5.74, 6) is -0.368. The summed E-state index contributed by atoms with van der Waals surface area (Å²) in [7, 11) is 0. The molecule has 0 unspecified atom stereocenters. The van der Waals surface area contributed by atoms with E-state index in [9.17, 15) is 4.79 Å². The van der Waals surface area contributed by atoms with Crippen LogP contribution in [0.25, 0.3) is 0 Å². The van der Waals surface area contributed by atoms with Gasteiger partial charge in [-0.05, 0) is 13.0 Å². The van der Waals surface area contributed by atoms with E-state index in [0.29, 0.717) is 5.95 Å². The van der Waals surface area contributed by atoms with Crippen LogP contribution in [0.5, 0.6) is 0 Å². The molecule has 82 valence electrons. The van der Waals surface area contributed by atoms with Gasteiger partial charge in [0.2, 0.25) is 5.95 Å². The minimum atomic E-state index is -0.673. The predicted octanol–water partition coefficient (Wildman–Crippen LogP) is 0.859. The third-order valence-electron chi connectivity index (χ3n) is 1.53. The molecule has 0 radical (unpaired) electrons. The molecule has 0 atom stereocenters. The molecule has 1 heterocycles. The van der Waals surface area contributed by atoms with Crippen molar-refractivity contribution in [1.29, 1.82) is 5.26 Å². The average Bonchev–Trinajstić information content (AvgIpc) is 2.31. The van der Waals surface area contributed by atoms with E-state index in [1.54, 1.807) is 31.5 Å². The number of carbonyl (C=O) groups is 1. The lowest BCUT2D eigenvalue weighted by atomic mass is 10.3. The predicted molar refractivity (Wildman–Crippen MR) is 56.0 cm³/mol. The number of anilines is 1. The third kappa shape index (κ3) is 3.38. The van der Waals surface area contributed by atoms with Crippen molar-refractivity contribution in [2.75, 3.05) is 11.9 Å². The van der Waals surface area contributed by atoms with Gasteiger partial charge in [0.05, 0.1) is 6.61 Å². The second-order valence-electron chi connectivity index (χ2n) is 2.61. The first-order valence-electron chi connectivity index (χ1n) is 4.59. The third-order valence-corrected chi connectivity index (χ3v) is 1.53. The number of nitrogens with one attached hydrogen (secondary N) is 1. The Hall–Kier alpha value is -2.42. The molecule has 0 fully saturated rings.